The molecule has 0 radical (unpaired) electrons. The molecule has 0 spiro atoms. The summed E-state index contributed by atoms with van der Waals surface area (Å²) in [7, 11) is 1.79. The molecule has 1 atom stereocenters. The van der Waals surface area contributed by atoms with Crippen molar-refractivity contribution >= 4 is 11.9 Å². The number of aromatic nitrogens is 2. The summed E-state index contributed by atoms with van der Waals surface area (Å²) in [6, 6.07) is -0.953. The topological polar surface area (TPSA) is 93.9 Å². The molecule has 1 aliphatic heterocycles. The SMILES string of the molecule is Cc1nn(C)c(C)c1OCC(=O)N1CCOCC1C(=O)O. The molecule has 1 unspecified atom stereocenters. The number of carboxylic acids is 1. The second kappa shape index (κ2) is 6.13. The molecule has 1 saturated heterocycles. The van der Waals surface area contributed by atoms with Crippen LogP contribution in [0.2, 0.25) is 0 Å². The zero-order valence-corrected chi connectivity index (χ0v) is 12.3. The molecule has 2 heterocycles. The second-order valence-electron chi connectivity index (χ2n) is 4.93. The van der Waals surface area contributed by atoms with Gasteiger partial charge < -0.3 is 19.5 Å². The fourth-order valence-electron chi connectivity index (χ4n) is 2.29. The van der Waals surface area contributed by atoms with Gasteiger partial charge in [0.15, 0.2) is 18.4 Å². The van der Waals surface area contributed by atoms with Crippen LogP contribution in [0.25, 0.3) is 0 Å². The summed E-state index contributed by atoms with van der Waals surface area (Å²) < 4.78 is 12.3. The zero-order chi connectivity index (χ0) is 15.6. The number of carbonyl (C=O) groups excluding carboxylic acids is 1. The van der Waals surface area contributed by atoms with E-state index in [9.17, 15) is 9.59 Å². The summed E-state index contributed by atoms with van der Waals surface area (Å²) in [5.74, 6) is -0.879. The van der Waals surface area contributed by atoms with Crippen molar-refractivity contribution in [2.24, 2.45) is 7.05 Å². The van der Waals surface area contributed by atoms with Crippen molar-refractivity contribution < 1.29 is 24.2 Å². The molecule has 0 saturated carbocycles. The van der Waals surface area contributed by atoms with Gasteiger partial charge in [0.05, 0.1) is 18.9 Å². The van der Waals surface area contributed by atoms with Crippen molar-refractivity contribution in [1.82, 2.24) is 14.7 Å². The Morgan fingerprint density at radius 2 is 2.19 bits per heavy atom. The Morgan fingerprint density at radius 3 is 2.76 bits per heavy atom. The number of carbonyl (C=O) groups is 2. The van der Waals surface area contributed by atoms with Crippen LogP contribution in [0.15, 0.2) is 0 Å². The third kappa shape index (κ3) is 3.15. The Balaban J connectivity index is 2.02. The Labute approximate surface area is 122 Å². The van der Waals surface area contributed by atoms with Crippen LogP contribution in [0, 0.1) is 13.8 Å². The molecule has 21 heavy (non-hydrogen) atoms. The van der Waals surface area contributed by atoms with Crippen LogP contribution < -0.4 is 4.74 Å². The Kier molecular flexibility index (Phi) is 4.46. The van der Waals surface area contributed by atoms with E-state index in [4.69, 9.17) is 14.6 Å². The average Bonchev–Trinajstić information content (AvgIpc) is 2.70. The maximum absolute atomic E-state index is 12.2. The van der Waals surface area contributed by atoms with Gasteiger partial charge in [-0.1, -0.05) is 0 Å². The Bertz CT molecular complexity index is 554. The van der Waals surface area contributed by atoms with E-state index in [2.05, 4.69) is 5.10 Å². The Hall–Kier alpha value is -2.09. The summed E-state index contributed by atoms with van der Waals surface area (Å²) in [6.07, 6.45) is 0. The van der Waals surface area contributed by atoms with Gasteiger partial charge in [-0.25, -0.2) is 4.79 Å². The number of aryl methyl sites for hydroxylation is 2. The van der Waals surface area contributed by atoms with Gasteiger partial charge in [-0.2, -0.15) is 5.10 Å². The number of rotatable bonds is 4. The first-order valence-electron chi connectivity index (χ1n) is 6.64. The van der Waals surface area contributed by atoms with Crippen molar-refractivity contribution in [2.75, 3.05) is 26.4 Å². The maximum atomic E-state index is 12.2. The number of morpholine rings is 1. The highest BCUT2D eigenvalue weighted by Crippen LogP contribution is 2.21. The van der Waals surface area contributed by atoms with Crippen LogP contribution in [0.1, 0.15) is 11.4 Å². The van der Waals surface area contributed by atoms with E-state index in [-0.39, 0.29) is 25.7 Å². The van der Waals surface area contributed by atoms with Crippen molar-refractivity contribution in [3.05, 3.63) is 11.4 Å². The lowest BCUT2D eigenvalue weighted by molar-refractivity contribution is -0.159. The number of aliphatic carboxylic acids is 1. The van der Waals surface area contributed by atoms with Crippen LogP contribution in [0.3, 0.4) is 0 Å². The molecular weight excluding hydrogens is 278 g/mol. The van der Waals surface area contributed by atoms with Crippen molar-refractivity contribution in [1.29, 1.82) is 0 Å². The van der Waals surface area contributed by atoms with E-state index >= 15 is 0 Å². The first kappa shape index (κ1) is 15.3. The van der Waals surface area contributed by atoms with E-state index in [1.807, 2.05) is 6.92 Å². The van der Waals surface area contributed by atoms with Gasteiger partial charge in [0.2, 0.25) is 0 Å². The highest BCUT2D eigenvalue weighted by molar-refractivity contribution is 5.84. The third-order valence-corrected chi connectivity index (χ3v) is 3.52. The number of carboxylic acid groups (broad SMARTS) is 1. The fraction of sp³-hybridized carbons (Fsp3) is 0.615. The van der Waals surface area contributed by atoms with E-state index in [0.717, 1.165) is 5.69 Å². The van der Waals surface area contributed by atoms with E-state index in [1.54, 1.807) is 18.7 Å². The number of nitrogens with zero attached hydrogens (tertiary/aromatic N) is 3. The highest BCUT2D eigenvalue weighted by atomic mass is 16.5. The van der Waals surface area contributed by atoms with Gasteiger partial charge in [0, 0.05) is 13.6 Å². The third-order valence-electron chi connectivity index (χ3n) is 3.52. The quantitative estimate of drug-likeness (QED) is 0.822. The van der Waals surface area contributed by atoms with Gasteiger partial charge in [0.1, 0.15) is 5.69 Å². The Morgan fingerprint density at radius 1 is 1.48 bits per heavy atom. The predicted molar refractivity (Wildman–Crippen MR) is 72.1 cm³/mol. The summed E-state index contributed by atoms with van der Waals surface area (Å²) in [5.41, 5.74) is 1.51. The monoisotopic (exact) mass is 297 g/mol. The number of amides is 1. The highest BCUT2D eigenvalue weighted by Gasteiger charge is 2.33. The van der Waals surface area contributed by atoms with Gasteiger partial charge in [0.25, 0.3) is 5.91 Å². The van der Waals surface area contributed by atoms with E-state index in [1.165, 1.54) is 4.90 Å². The molecule has 0 bridgehead atoms. The summed E-state index contributed by atoms with van der Waals surface area (Å²) >= 11 is 0. The second-order valence-corrected chi connectivity index (χ2v) is 4.93. The minimum atomic E-state index is -1.07. The summed E-state index contributed by atoms with van der Waals surface area (Å²) in [4.78, 5) is 24.6. The van der Waals surface area contributed by atoms with E-state index < -0.39 is 12.0 Å². The normalized spacial score (nSPS) is 18.6. The van der Waals surface area contributed by atoms with Crippen molar-refractivity contribution in [2.45, 2.75) is 19.9 Å². The molecule has 1 N–H and O–H groups in total. The van der Waals surface area contributed by atoms with Crippen LogP contribution in [0.4, 0.5) is 0 Å². The van der Waals surface area contributed by atoms with Crippen LogP contribution >= 0.6 is 0 Å². The molecule has 1 aromatic heterocycles. The zero-order valence-electron chi connectivity index (χ0n) is 12.3. The molecule has 1 amide bonds. The average molecular weight is 297 g/mol. The fourth-order valence-corrected chi connectivity index (χ4v) is 2.29. The smallest absolute Gasteiger partial charge is 0.328 e. The number of ether oxygens (including phenoxy) is 2. The molecule has 8 heteroatoms. The van der Waals surface area contributed by atoms with Crippen LogP contribution in [-0.4, -0.2) is 64.1 Å². The van der Waals surface area contributed by atoms with Gasteiger partial charge >= 0.3 is 5.97 Å². The standard InChI is InChI=1S/C13H19N3O5/c1-8-12(9(2)15(3)14-8)21-7-11(17)16-4-5-20-6-10(16)13(18)19/h10H,4-7H2,1-3H3,(H,18,19). The molecule has 116 valence electrons. The maximum Gasteiger partial charge on any atom is 0.328 e. The minimum Gasteiger partial charge on any atom is -0.480 e. The molecular formula is C13H19N3O5. The van der Waals surface area contributed by atoms with E-state index in [0.29, 0.717) is 18.1 Å². The largest absolute Gasteiger partial charge is 0.480 e. The molecule has 1 fully saturated rings. The van der Waals surface area contributed by atoms with Crippen LogP contribution in [0.5, 0.6) is 5.75 Å². The van der Waals surface area contributed by atoms with Gasteiger partial charge in [-0.05, 0) is 13.8 Å². The minimum absolute atomic E-state index is 0.00597. The molecule has 8 nitrogen and oxygen atoms in total. The lowest BCUT2D eigenvalue weighted by atomic mass is 10.2. The number of hydrogen-bond acceptors (Lipinski definition) is 5. The molecule has 1 aliphatic rings. The molecule has 0 aliphatic carbocycles. The molecule has 0 aromatic carbocycles. The predicted octanol–water partition coefficient (Wildman–Crippen LogP) is -0.272. The first-order valence-corrected chi connectivity index (χ1v) is 6.64. The lowest BCUT2D eigenvalue weighted by Crippen LogP contribution is -2.53. The van der Waals surface area contributed by atoms with Crippen LogP contribution in [-0.2, 0) is 21.4 Å². The van der Waals surface area contributed by atoms with Crippen molar-refractivity contribution in [3.8, 4) is 5.75 Å². The number of hydrogen-bond donors (Lipinski definition) is 1. The molecule has 1 aromatic rings. The first-order chi connectivity index (χ1) is 9.91. The summed E-state index contributed by atoms with van der Waals surface area (Å²) in [5, 5.41) is 13.3. The molecule has 2 rings (SSSR count). The van der Waals surface area contributed by atoms with Gasteiger partial charge in [-0.3, -0.25) is 9.48 Å². The van der Waals surface area contributed by atoms with Gasteiger partial charge in [-0.15, -0.1) is 0 Å². The summed E-state index contributed by atoms with van der Waals surface area (Å²) in [6.45, 7) is 4.02. The lowest BCUT2D eigenvalue weighted by Gasteiger charge is -2.32. The van der Waals surface area contributed by atoms with Crippen molar-refractivity contribution in [3.63, 3.8) is 0 Å².